The van der Waals surface area contributed by atoms with Gasteiger partial charge in [0, 0.05) is 5.56 Å². The summed E-state index contributed by atoms with van der Waals surface area (Å²) in [5, 5.41) is 0. The third-order valence-electron chi connectivity index (χ3n) is 4.39. The summed E-state index contributed by atoms with van der Waals surface area (Å²) in [6, 6.07) is 23.1. The van der Waals surface area contributed by atoms with E-state index < -0.39 is 0 Å². The van der Waals surface area contributed by atoms with Crippen LogP contribution in [-0.2, 0) is 6.42 Å². The highest BCUT2D eigenvalue weighted by Gasteiger charge is 2.21. The molecule has 0 aromatic heterocycles. The summed E-state index contributed by atoms with van der Waals surface area (Å²) in [5.74, 6) is 1.64. The Kier molecular flexibility index (Phi) is 5.39. The maximum absolute atomic E-state index is 5.85. The van der Waals surface area contributed by atoms with E-state index in [0.29, 0.717) is 0 Å². The van der Waals surface area contributed by atoms with Gasteiger partial charge in [0.05, 0.1) is 14.2 Å². The number of aryl methyl sites for hydroxylation is 1. The first-order valence-corrected chi connectivity index (χ1v) is 8.68. The van der Waals surface area contributed by atoms with Crippen molar-refractivity contribution in [3.05, 3.63) is 72.3 Å². The Bertz CT molecular complexity index is 824. The molecule has 0 fully saturated rings. The average Bonchev–Trinajstić information content (AvgIpc) is 2.68. The Hall–Kier alpha value is -2.74. The molecule has 0 saturated carbocycles. The number of benzene rings is 3. The fraction of sp³-hybridized carbons (Fsp3) is 0.217. The molecule has 0 aliphatic carbocycles. The number of rotatable bonds is 6. The van der Waals surface area contributed by atoms with E-state index in [1.165, 1.54) is 16.7 Å². The summed E-state index contributed by atoms with van der Waals surface area (Å²) in [6.45, 7) is 2.18. The predicted octanol–water partition coefficient (Wildman–Crippen LogP) is 5.99. The number of methoxy groups -OCH3 is 2. The van der Waals surface area contributed by atoms with Crippen molar-refractivity contribution in [1.82, 2.24) is 0 Å². The van der Waals surface area contributed by atoms with Gasteiger partial charge < -0.3 is 9.47 Å². The zero-order valence-corrected chi connectivity index (χ0v) is 15.1. The van der Waals surface area contributed by atoms with Crippen LogP contribution in [0, 0.1) is 0 Å². The van der Waals surface area contributed by atoms with Gasteiger partial charge >= 0.3 is 0 Å². The molecule has 3 rings (SSSR count). The molecule has 0 saturated heterocycles. The summed E-state index contributed by atoms with van der Waals surface area (Å²) in [4.78, 5) is 0. The molecule has 2 heteroatoms. The van der Waals surface area contributed by atoms with Gasteiger partial charge in [-0.1, -0.05) is 74.0 Å². The van der Waals surface area contributed by atoms with E-state index in [2.05, 4.69) is 61.5 Å². The Morgan fingerprint density at radius 3 is 1.80 bits per heavy atom. The minimum Gasteiger partial charge on any atom is -0.493 e. The second kappa shape index (κ2) is 7.89. The summed E-state index contributed by atoms with van der Waals surface area (Å²) < 4.78 is 11.6. The van der Waals surface area contributed by atoms with Gasteiger partial charge in [-0.2, -0.15) is 0 Å². The predicted molar refractivity (Wildman–Crippen MR) is 104 cm³/mol. The molecule has 2 nitrogen and oxygen atoms in total. The highest BCUT2D eigenvalue weighted by molar-refractivity contribution is 5.90. The summed E-state index contributed by atoms with van der Waals surface area (Å²) in [6.07, 6.45) is 2.01. The van der Waals surface area contributed by atoms with Crippen molar-refractivity contribution in [2.75, 3.05) is 14.2 Å². The van der Waals surface area contributed by atoms with Gasteiger partial charge in [0.2, 0.25) is 0 Å². The lowest BCUT2D eigenvalue weighted by atomic mass is 9.90. The summed E-state index contributed by atoms with van der Waals surface area (Å²) in [7, 11) is 3.43. The molecule has 0 radical (unpaired) electrons. The zero-order valence-electron chi connectivity index (χ0n) is 15.1. The van der Waals surface area contributed by atoms with Gasteiger partial charge in [-0.15, -0.1) is 0 Å². The molecule has 0 amide bonds. The van der Waals surface area contributed by atoms with Crippen molar-refractivity contribution in [3.8, 4) is 33.8 Å². The van der Waals surface area contributed by atoms with Crippen molar-refractivity contribution in [3.63, 3.8) is 0 Å². The molecule has 0 spiro atoms. The van der Waals surface area contributed by atoms with Crippen molar-refractivity contribution < 1.29 is 9.47 Å². The average molecular weight is 332 g/mol. The molecule has 25 heavy (non-hydrogen) atoms. The molecule has 0 unspecified atom stereocenters. The molecule has 0 N–H and O–H groups in total. The van der Waals surface area contributed by atoms with Crippen LogP contribution in [0.25, 0.3) is 22.3 Å². The Morgan fingerprint density at radius 1 is 0.720 bits per heavy atom. The van der Waals surface area contributed by atoms with Crippen molar-refractivity contribution in [2.45, 2.75) is 19.8 Å². The topological polar surface area (TPSA) is 18.5 Å². The quantitative estimate of drug-likeness (QED) is 0.552. The molecule has 3 aromatic rings. The van der Waals surface area contributed by atoms with Gasteiger partial charge in [-0.05, 0) is 34.7 Å². The Labute approximate surface area is 150 Å². The van der Waals surface area contributed by atoms with E-state index >= 15 is 0 Å². The summed E-state index contributed by atoms with van der Waals surface area (Å²) in [5.41, 5.74) is 5.73. The maximum Gasteiger partial charge on any atom is 0.169 e. The van der Waals surface area contributed by atoms with Crippen molar-refractivity contribution >= 4 is 0 Å². The van der Waals surface area contributed by atoms with Crippen LogP contribution in [0.4, 0.5) is 0 Å². The Balaban J connectivity index is 2.36. The minimum atomic E-state index is 0.804. The monoisotopic (exact) mass is 332 g/mol. The van der Waals surface area contributed by atoms with Crippen LogP contribution in [0.1, 0.15) is 18.9 Å². The van der Waals surface area contributed by atoms with Crippen LogP contribution in [0.3, 0.4) is 0 Å². The van der Waals surface area contributed by atoms with Gasteiger partial charge in [0.25, 0.3) is 0 Å². The second-order valence-corrected chi connectivity index (χ2v) is 6.01. The first-order valence-electron chi connectivity index (χ1n) is 8.68. The van der Waals surface area contributed by atoms with E-state index in [1.807, 2.05) is 12.1 Å². The molecular weight excluding hydrogens is 308 g/mol. The lowest BCUT2D eigenvalue weighted by molar-refractivity contribution is 0.353. The minimum absolute atomic E-state index is 0.804. The molecule has 0 aliphatic heterocycles. The molecular formula is C23H24O2. The number of ether oxygens (including phenoxy) is 2. The van der Waals surface area contributed by atoms with Crippen molar-refractivity contribution in [1.29, 1.82) is 0 Å². The van der Waals surface area contributed by atoms with Gasteiger partial charge in [-0.25, -0.2) is 0 Å². The third kappa shape index (κ3) is 3.39. The number of hydrogen-bond acceptors (Lipinski definition) is 2. The van der Waals surface area contributed by atoms with E-state index in [9.17, 15) is 0 Å². The van der Waals surface area contributed by atoms with Crippen LogP contribution in [0.5, 0.6) is 11.5 Å². The lowest BCUT2D eigenvalue weighted by Crippen LogP contribution is -2.00. The van der Waals surface area contributed by atoms with E-state index in [4.69, 9.17) is 9.47 Å². The number of hydrogen-bond donors (Lipinski definition) is 0. The summed E-state index contributed by atoms with van der Waals surface area (Å²) >= 11 is 0. The van der Waals surface area contributed by atoms with E-state index in [0.717, 1.165) is 35.5 Å². The molecule has 0 atom stereocenters. The largest absolute Gasteiger partial charge is 0.493 e. The van der Waals surface area contributed by atoms with Crippen LogP contribution >= 0.6 is 0 Å². The molecule has 128 valence electrons. The SMILES string of the molecule is CCCc1cc(-c2ccccc2)c(-c2ccccc2)c(OC)c1OC. The highest BCUT2D eigenvalue weighted by atomic mass is 16.5. The van der Waals surface area contributed by atoms with E-state index in [1.54, 1.807) is 14.2 Å². The van der Waals surface area contributed by atoms with Crippen LogP contribution in [0.2, 0.25) is 0 Å². The standard InChI is InChI=1S/C23H24O2/c1-4-11-19-16-20(17-12-7-5-8-13-17)21(18-14-9-6-10-15-18)23(25-3)22(19)24-2/h5-10,12-16H,4,11H2,1-3H3. The first kappa shape index (κ1) is 17.1. The van der Waals surface area contributed by atoms with Crippen LogP contribution in [0.15, 0.2) is 66.7 Å². The normalized spacial score (nSPS) is 10.5. The van der Waals surface area contributed by atoms with Gasteiger partial charge in [-0.3, -0.25) is 0 Å². The molecule has 0 bridgehead atoms. The molecule has 0 heterocycles. The zero-order chi connectivity index (χ0) is 17.6. The van der Waals surface area contributed by atoms with Crippen molar-refractivity contribution in [2.24, 2.45) is 0 Å². The van der Waals surface area contributed by atoms with Crippen LogP contribution in [-0.4, -0.2) is 14.2 Å². The second-order valence-electron chi connectivity index (χ2n) is 6.01. The lowest BCUT2D eigenvalue weighted by Gasteiger charge is -2.21. The third-order valence-corrected chi connectivity index (χ3v) is 4.39. The fourth-order valence-electron chi connectivity index (χ4n) is 3.30. The molecule has 3 aromatic carbocycles. The highest BCUT2D eigenvalue weighted by Crippen LogP contribution is 2.47. The Morgan fingerprint density at radius 2 is 1.28 bits per heavy atom. The van der Waals surface area contributed by atoms with Gasteiger partial charge in [0.15, 0.2) is 11.5 Å². The van der Waals surface area contributed by atoms with Crippen LogP contribution < -0.4 is 9.47 Å². The maximum atomic E-state index is 5.85. The first-order chi connectivity index (χ1) is 12.3. The molecule has 0 aliphatic rings. The van der Waals surface area contributed by atoms with E-state index in [-0.39, 0.29) is 0 Å². The van der Waals surface area contributed by atoms with Gasteiger partial charge in [0.1, 0.15) is 0 Å². The fourth-order valence-corrected chi connectivity index (χ4v) is 3.30. The smallest absolute Gasteiger partial charge is 0.169 e.